The van der Waals surface area contributed by atoms with Crippen LogP contribution in [0, 0.1) is 0 Å². The zero-order chi connectivity index (χ0) is 24.3. The Morgan fingerprint density at radius 3 is 2.86 bits per heavy atom. The highest BCUT2D eigenvalue weighted by Gasteiger charge is 2.22. The van der Waals surface area contributed by atoms with Gasteiger partial charge >= 0.3 is 0 Å². The number of aromatic nitrogens is 2. The van der Waals surface area contributed by atoms with Gasteiger partial charge in [-0.15, -0.1) is 0 Å². The van der Waals surface area contributed by atoms with E-state index < -0.39 is 0 Å². The van der Waals surface area contributed by atoms with Gasteiger partial charge in [0.15, 0.2) is 0 Å². The molecule has 0 aliphatic carbocycles. The number of anilines is 2. The summed E-state index contributed by atoms with van der Waals surface area (Å²) in [6.07, 6.45) is 7.17. The predicted molar refractivity (Wildman–Crippen MR) is 140 cm³/mol. The molecule has 4 aromatic rings. The summed E-state index contributed by atoms with van der Waals surface area (Å²) in [5.41, 5.74) is 8.15. The van der Waals surface area contributed by atoms with Crippen LogP contribution in [0.4, 0.5) is 11.5 Å². The van der Waals surface area contributed by atoms with Gasteiger partial charge in [0.25, 0.3) is 5.91 Å². The lowest BCUT2D eigenvalue weighted by atomic mass is 9.98. The summed E-state index contributed by atoms with van der Waals surface area (Å²) in [7, 11) is 0. The molecule has 2 aromatic carbocycles. The van der Waals surface area contributed by atoms with Crippen molar-refractivity contribution >= 4 is 17.4 Å². The number of amides is 1. The molecule has 180 valence electrons. The van der Waals surface area contributed by atoms with Crippen molar-refractivity contribution in [2.24, 2.45) is 0 Å². The number of nitrogens with zero attached hydrogens (tertiary/aromatic N) is 2. The number of carbonyl (C=O) groups excluding carboxylic acids is 1. The Labute approximate surface area is 210 Å². The molecule has 6 rings (SSSR count). The highest BCUT2D eigenvalue weighted by Crippen LogP contribution is 2.39. The van der Waals surface area contributed by atoms with Crippen molar-refractivity contribution in [1.82, 2.24) is 15.3 Å². The lowest BCUT2D eigenvalue weighted by Gasteiger charge is -2.17. The Hall–Kier alpha value is -4.23. The van der Waals surface area contributed by atoms with Gasteiger partial charge in [-0.1, -0.05) is 18.2 Å². The largest absolute Gasteiger partial charge is 0.492 e. The Morgan fingerprint density at radius 2 is 1.94 bits per heavy atom. The first-order chi connectivity index (χ1) is 17.7. The van der Waals surface area contributed by atoms with Crippen LogP contribution in [0.1, 0.15) is 32.6 Å². The van der Waals surface area contributed by atoms with Crippen LogP contribution >= 0.6 is 0 Å². The van der Waals surface area contributed by atoms with E-state index in [1.807, 2.05) is 60.8 Å². The fourth-order valence-electron chi connectivity index (χ4n) is 4.84. The summed E-state index contributed by atoms with van der Waals surface area (Å²) >= 11 is 0. The molecule has 4 heterocycles. The maximum atomic E-state index is 12.9. The normalized spacial score (nSPS) is 13.9. The molecule has 1 amide bonds. The molecule has 0 atom stereocenters. The Bertz CT molecular complexity index is 1420. The highest BCUT2D eigenvalue weighted by atomic mass is 16.5. The number of carbonyl (C=O) groups is 1. The Morgan fingerprint density at radius 1 is 1.03 bits per heavy atom. The molecule has 7 heteroatoms. The number of nitrogens with one attached hydrogen (secondary N) is 3. The lowest BCUT2D eigenvalue weighted by molar-refractivity contribution is 0.102. The van der Waals surface area contributed by atoms with Crippen LogP contribution in [0.5, 0.6) is 5.75 Å². The van der Waals surface area contributed by atoms with Crippen molar-refractivity contribution in [3.63, 3.8) is 0 Å². The van der Waals surface area contributed by atoms with Gasteiger partial charge in [0.1, 0.15) is 11.6 Å². The van der Waals surface area contributed by atoms with Crippen LogP contribution < -0.4 is 20.7 Å². The predicted octanol–water partition coefficient (Wildman–Crippen LogP) is 4.59. The second-order valence-corrected chi connectivity index (χ2v) is 9.08. The zero-order valence-electron chi connectivity index (χ0n) is 19.9. The first kappa shape index (κ1) is 22.2. The number of rotatable bonds is 6. The van der Waals surface area contributed by atoms with Crippen molar-refractivity contribution in [3.8, 4) is 16.9 Å². The number of hydrogen-bond donors (Lipinski definition) is 3. The van der Waals surface area contributed by atoms with Crippen molar-refractivity contribution in [2.45, 2.75) is 25.9 Å². The van der Waals surface area contributed by atoms with Crippen LogP contribution in [0.3, 0.4) is 0 Å². The second kappa shape index (κ2) is 9.79. The quantitative estimate of drug-likeness (QED) is 0.377. The van der Waals surface area contributed by atoms with Crippen LogP contribution in [0.15, 0.2) is 73.2 Å². The number of hydrogen-bond acceptors (Lipinski definition) is 6. The van der Waals surface area contributed by atoms with Gasteiger partial charge in [-0.2, -0.15) is 0 Å². The third-order valence-corrected chi connectivity index (χ3v) is 6.72. The summed E-state index contributed by atoms with van der Waals surface area (Å²) in [6.45, 7) is 3.05. The van der Waals surface area contributed by atoms with E-state index in [9.17, 15) is 4.79 Å². The Balaban J connectivity index is 1.15. The van der Waals surface area contributed by atoms with Gasteiger partial charge in [0, 0.05) is 60.5 Å². The summed E-state index contributed by atoms with van der Waals surface area (Å²) in [4.78, 5) is 21.7. The zero-order valence-corrected chi connectivity index (χ0v) is 19.9. The van der Waals surface area contributed by atoms with E-state index in [1.54, 1.807) is 12.4 Å². The molecule has 0 fully saturated rings. The van der Waals surface area contributed by atoms with E-state index in [4.69, 9.17) is 9.72 Å². The molecule has 36 heavy (non-hydrogen) atoms. The van der Waals surface area contributed by atoms with E-state index in [0.29, 0.717) is 18.7 Å². The lowest BCUT2D eigenvalue weighted by Crippen LogP contribution is -2.24. The number of ether oxygens (including phenoxy) is 1. The Kier molecular flexibility index (Phi) is 6.05. The van der Waals surface area contributed by atoms with Gasteiger partial charge in [-0.25, -0.2) is 4.98 Å². The van der Waals surface area contributed by atoms with E-state index in [0.717, 1.165) is 65.4 Å². The summed E-state index contributed by atoms with van der Waals surface area (Å²) in [5, 5.41) is 9.88. The summed E-state index contributed by atoms with van der Waals surface area (Å²) < 4.78 is 5.96. The van der Waals surface area contributed by atoms with E-state index in [-0.39, 0.29) is 5.91 Å². The van der Waals surface area contributed by atoms with E-state index in [1.165, 1.54) is 11.1 Å². The maximum Gasteiger partial charge on any atom is 0.255 e. The third kappa shape index (κ3) is 4.53. The standard InChI is InChI=1S/C29H27N5O2/c35-29(22-4-5-23-17-31-12-8-21(23)15-22)34-24-3-1-2-19(14-24)16-32-28-25-9-13-36-27(25)26(18-33-28)20-6-10-30-11-7-20/h1-7,10-11,14-15,18,31H,8-9,12-13,16-17H2,(H,32,33)(H,34,35). The molecule has 2 aliphatic rings. The topological polar surface area (TPSA) is 88.2 Å². The molecular weight excluding hydrogens is 450 g/mol. The minimum Gasteiger partial charge on any atom is -0.492 e. The fourth-order valence-corrected chi connectivity index (χ4v) is 4.84. The van der Waals surface area contributed by atoms with Crippen LogP contribution in [0.25, 0.3) is 11.1 Å². The van der Waals surface area contributed by atoms with E-state index in [2.05, 4.69) is 20.9 Å². The first-order valence-corrected chi connectivity index (χ1v) is 12.3. The fraction of sp³-hybridized carbons (Fsp3) is 0.207. The molecule has 0 saturated carbocycles. The van der Waals surface area contributed by atoms with Gasteiger partial charge in [0.05, 0.1) is 6.61 Å². The van der Waals surface area contributed by atoms with Crippen molar-refractivity contribution in [3.05, 3.63) is 101 Å². The summed E-state index contributed by atoms with van der Waals surface area (Å²) in [6, 6.07) is 17.8. The van der Waals surface area contributed by atoms with Gasteiger partial charge < -0.3 is 20.7 Å². The average Bonchev–Trinajstić information content (AvgIpc) is 3.42. The van der Waals surface area contributed by atoms with Gasteiger partial charge in [-0.05, 0) is 71.6 Å². The second-order valence-electron chi connectivity index (χ2n) is 9.08. The van der Waals surface area contributed by atoms with E-state index >= 15 is 0 Å². The first-order valence-electron chi connectivity index (χ1n) is 12.3. The molecule has 0 bridgehead atoms. The molecule has 0 saturated heterocycles. The molecule has 0 spiro atoms. The number of benzene rings is 2. The minimum absolute atomic E-state index is 0.0928. The average molecular weight is 478 g/mol. The molecule has 2 aliphatic heterocycles. The van der Waals surface area contributed by atoms with Gasteiger partial charge in [-0.3, -0.25) is 9.78 Å². The third-order valence-electron chi connectivity index (χ3n) is 6.72. The van der Waals surface area contributed by atoms with Crippen LogP contribution in [-0.2, 0) is 25.9 Å². The number of fused-ring (bicyclic) bond motifs is 2. The van der Waals surface area contributed by atoms with Crippen molar-refractivity contribution < 1.29 is 9.53 Å². The SMILES string of the molecule is O=C(Nc1cccc(CNc2ncc(-c3ccncc3)c3c2CCO3)c1)c1ccc2c(c1)CCNC2. The molecule has 0 unspecified atom stereocenters. The molecule has 2 aromatic heterocycles. The highest BCUT2D eigenvalue weighted by molar-refractivity contribution is 6.04. The minimum atomic E-state index is -0.0928. The molecule has 7 nitrogen and oxygen atoms in total. The monoisotopic (exact) mass is 477 g/mol. The van der Waals surface area contributed by atoms with Crippen LogP contribution in [-0.4, -0.2) is 29.0 Å². The molecule has 3 N–H and O–H groups in total. The number of pyridine rings is 2. The molecular formula is C29H27N5O2. The molecule has 0 radical (unpaired) electrons. The van der Waals surface area contributed by atoms with Gasteiger partial charge in [0.2, 0.25) is 0 Å². The van der Waals surface area contributed by atoms with Crippen LogP contribution in [0.2, 0.25) is 0 Å². The maximum absolute atomic E-state index is 12.9. The summed E-state index contributed by atoms with van der Waals surface area (Å²) in [5.74, 6) is 1.63. The van der Waals surface area contributed by atoms with Crippen molar-refractivity contribution in [1.29, 1.82) is 0 Å². The smallest absolute Gasteiger partial charge is 0.255 e. The van der Waals surface area contributed by atoms with Crippen molar-refractivity contribution in [2.75, 3.05) is 23.8 Å².